The van der Waals surface area contributed by atoms with Gasteiger partial charge in [-0.1, -0.05) is 6.07 Å². The van der Waals surface area contributed by atoms with E-state index in [1.165, 1.54) is 12.1 Å². The van der Waals surface area contributed by atoms with Crippen LogP contribution >= 0.6 is 0 Å². The van der Waals surface area contributed by atoms with Crippen molar-refractivity contribution in [3.05, 3.63) is 17.7 Å². The fourth-order valence-corrected chi connectivity index (χ4v) is 1.71. The fourth-order valence-electron chi connectivity index (χ4n) is 1.71. The third-order valence-corrected chi connectivity index (χ3v) is 3.00. The Morgan fingerprint density at radius 2 is 1.95 bits per heavy atom. The predicted molar refractivity (Wildman–Crippen MR) is 68.9 cm³/mol. The number of benzene rings is 1. The van der Waals surface area contributed by atoms with Crippen LogP contribution in [0.5, 0.6) is 17.2 Å². The lowest BCUT2D eigenvalue weighted by Gasteiger charge is -2.09. The zero-order valence-corrected chi connectivity index (χ0v) is 10.5. The van der Waals surface area contributed by atoms with Crippen molar-refractivity contribution in [1.82, 2.24) is 10.6 Å². The van der Waals surface area contributed by atoms with Crippen molar-refractivity contribution >= 4 is 5.91 Å². The SMILES string of the molecule is O=C(CCNCc1ccc(O)c(O)c1O)NC1CC1. The van der Waals surface area contributed by atoms with E-state index in [1.54, 1.807) is 0 Å². The van der Waals surface area contributed by atoms with E-state index in [1.807, 2.05) is 0 Å². The first-order chi connectivity index (χ1) is 9.08. The van der Waals surface area contributed by atoms with Gasteiger partial charge in [0.25, 0.3) is 0 Å². The van der Waals surface area contributed by atoms with Crippen molar-refractivity contribution in [2.45, 2.75) is 31.8 Å². The molecule has 1 aromatic carbocycles. The molecule has 1 fully saturated rings. The molecule has 19 heavy (non-hydrogen) atoms. The van der Waals surface area contributed by atoms with Gasteiger partial charge in [0, 0.05) is 31.1 Å². The summed E-state index contributed by atoms with van der Waals surface area (Å²) in [6, 6.07) is 3.19. The number of phenolic OH excluding ortho intramolecular Hbond substituents is 3. The minimum Gasteiger partial charge on any atom is -0.504 e. The molecule has 0 saturated heterocycles. The summed E-state index contributed by atoms with van der Waals surface area (Å²) in [5, 5.41) is 34.0. The Balaban J connectivity index is 1.73. The second-order valence-corrected chi connectivity index (χ2v) is 4.71. The summed E-state index contributed by atoms with van der Waals surface area (Å²) in [5.74, 6) is -1.20. The number of aromatic hydroxyl groups is 3. The highest BCUT2D eigenvalue weighted by atomic mass is 16.3. The molecule has 6 nitrogen and oxygen atoms in total. The lowest BCUT2D eigenvalue weighted by atomic mass is 10.1. The Morgan fingerprint density at radius 1 is 1.21 bits per heavy atom. The molecule has 0 atom stereocenters. The van der Waals surface area contributed by atoms with E-state index in [0.29, 0.717) is 31.1 Å². The van der Waals surface area contributed by atoms with Crippen LogP contribution in [0.1, 0.15) is 24.8 Å². The summed E-state index contributed by atoms with van der Waals surface area (Å²) in [7, 11) is 0. The number of rotatable bonds is 6. The van der Waals surface area contributed by atoms with Gasteiger partial charge in [-0.3, -0.25) is 4.79 Å². The van der Waals surface area contributed by atoms with E-state index >= 15 is 0 Å². The van der Waals surface area contributed by atoms with Crippen LogP contribution in [0.3, 0.4) is 0 Å². The molecule has 6 heteroatoms. The summed E-state index contributed by atoms with van der Waals surface area (Å²) >= 11 is 0. The van der Waals surface area contributed by atoms with E-state index in [9.17, 15) is 20.1 Å². The Morgan fingerprint density at radius 3 is 2.63 bits per heavy atom. The molecule has 1 saturated carbocycles. The van der Waals surface area contributed by atoms with Gasteiger partial charge in [0.15, 0.2) is 11.5 Å². The molecule has 0 spiro atoms. The molecule has 1 aliphatic carbocycles. The van der Waals surface area contributed by atoms with Crippen molar-refractivity contribution in [3.8, 4) is 17.2 Å². The predicted octanol–water partition coefficient (Wildman–Crippen LogP) is 0.562. The molecule has 1 amide bonds. The first-order valence-corrected chi connectivity index (χ1v) is 6.31. The third-order valence-electron chi connectivity index (χ3n) is 3.00. The van der Waals surface area contributed by atoms with Crippen LogP contribution in [0.4, 0.5) is 0 Å². The molecule has 5 N–H and O–H groups in total. The molecule has 0 heterocycles. The van der Waals surface area contributed by atoms with Crippen LogP contribution in [-0.4, -0.2) is 33.8 Å². The maximum atomic E-state index is 11.4. The average molecular weight is 266 g/mol. The van der Waals surface area contributed by atoms with Gasteiger partial charge < -0.3 is 26.0 Å². The third kappa shape index (κ3) is 3.75. The summed E-state index contributed by atoms with van der Waals surface area (Å²) in [6.07, 6.45) is 2.51. The molecule has 0 aliphatic heterocycles. The van der Waals surface area contributed by atoms with E-state index in [2.05, 4.69) is 10.6 Å². The van der Waals surface area contributed by atoms with Gasteiger partial charge in [-0.15, -0.1) is 0 Å². The van der Waals surface area contributed by atoms with Gasteiger partial charge >= 0.3 is 0 Å². The first kappa shape index (κ1) is 13.5. The lowest BCUT2D eigenvalue weighted by molar-refractivity contribution is -0.121. The topological polar surface area (TPSA) is 102 Å². The van der Waals surface area contributed by atoms with Crippen LogP contribution in [0, 0.1) is 0 Å². The molecule has 0 aromatic heterocycles. The van der Waals surface area contributed by atoms with E-state index in [0.717, 1.165) is 12.8 Å². The van der Waals surface area contributed by atoms with E-state index in [4.69, 9.17) is 0 Å². The number of amides is 1. The summed E-state index contributed by atoms with van der Waals surface area (Å²) < 4.78 is 0. The second-order valence-electron chi connectivity index (χ2n) is 4.71. The standard InChI is InChI=1S/C13H18N2O4/c16-10-4-1-8(12(18)13(10)19)7-14-6-5-11(17)15-9-2-3-9/h1,4,9,14,16,18-19H,2-3,5-7H2,(H,15,17). The minimum absolute atomic E-state index is 0.0211. The summed E-state index contributed by atoms with van der Waals surface area (Å²) in [5.41, 5.74) is 0.470. The van der Waals surface area contributed by atoms with Crippen LogP contribution in [0.25, 0.3) is 0 Å². The fraction of sp³-hybridized carbons (Fsp3) is 0.462. The number of carbonyl (C=O) groups is 1. The monoisotopic (exact) mass is 266 g/mol. The van der Waals surface area contributed by atoms with Crippen LogP contribution in [0.15, 0.2) is 12.1 Å². The van der Waals surface area contributed by atoms with Crippen molar-refractivity contribution in [2.75, 3.05) is 6.54 Å². The number of carbonyl (C=O) groups excluding carboxylic acids is 1. The Labute approximate surface area is 111 Å². The van der Waals surface area contributed by atoms with Crippen LogP contribution < -0.4 is 10.6 Å². The van der Waals surface area contributed by atoms with Gasteiger partial charge in [0.1, 0.15) is 0 Å². The van der Waals surface area contributed by atoms with E-state index in [-0.39, 0.29) is 17.4 Å². The lowest BCUT2D eigenvalue weighted by Crippen LogP contribution is -2.29. The number of hydrogen-bond donors (Lipinski definition) is 5. The first-order valence-electron chi connectivity index (χ1n) is 6.31. The highest BCUT2D eigenvalue weighted by molar-refractivity contribution is 5.76. The Kier molecular flexibility index (Phi) is 4.11. The second kappa shape index (κ2) is 5.79. The van der Waals surface area contributed by atoms with Crippen molar-refractivity contribution < 1.29 is 20.1 Å². The van der Waals surface area contributed by atoms with Crippen LogP contribution in [-0.2, 0) is 11.3 Å². The van der Waals surface area contributed by atoms with Crippen molar-refractivity contribution in [1.29, 1.82) is 0 Å². The van der Waals surface area contributed by atoms with Crippen molar-refractivity contribution in [2.24, 2.45) is 0 Å². The van der Waals surface area contributed by atoms with Gasteiger partial charge in [-0.2, -0.15) is 0 Å². The molecule has 0 bridgehead atoms. The quantitative estimate of drug-likeness (QED) is 0.382. The average Bonchev–Trinajstić information content (AvgIpc) is 3.18. The Hall–Kier alpha value is -1.95. The maximum Gasteiger partial charge on any atom is 0.221 e. The molecule has 0 unspecified atom stereocenters. The molecule has 104 valence electrons. The molecule has 1 aliphatic rings. The summed E-state index contributed by atoms with van der Waals surface area (Å²) in [4.78, 5) is 11.4. The normalized spacial score (nSPS) is 14.3. The smallest absolute Gasteiger partial charge is 0.221 e. The highest BCUT2D eigenvalue weighted by Crippen LogP contribution is 2.36. The zero-order chi connectivity index (χ0) is 13.8. The maximum absolute atomic E-state index is 11.4. The van der Waals surface area contributed by atoms with Crippen LogP contribution in [0.2, 0.25) is 0 Å². The Bertz CT molecular complexity index is 472. The zero-order valence-electron chi connectivity index (χ0n) is 10.5. The molecule has 1 aromatic rings. The van der Waals surface area contributed by atoms with E-state index < -0.39 is 5.75 Å². The van der Waals surface area contributed by atoms with Gasteiger partial charge in [0.2, 0.25) is 11.7 Å². The van der Waals surface area contributed by atoms with Gasteiger partial charge in [0.05, 0.1) is 0 Å². The highest BCUT2D eigenvalue weighted by Gasteiger charge is 2.22. The number of phenols is 3. The van der Waals surface area contributed by atoms with Crippen molar-refractivity contribution in [3.63, 3.8) is 0 Å². The molecular weight excluding hydrogens is 248 g/mol. The summed E-state index contributed by atoms with van der Waals surface area (Å²) in [6.45, 7) is 0.802. The minimum atomic E-state index is -0.522. The number of nitrogens with one attached hydrogen (secondary N) is 2. The van der Waals surface area contributed by atoms with Gasteiger partial charge in [-0.05, 0) is 18.9 Å². The molecular formula is C13H18N2O4. The van der Waals surface area contributed by atoms with Gasteiger partial charge in [-0.25, -0.2) is 0 Å². The number of hydrogen-bond acceptors (Lipinski definition) is 5. The largest absolute Gasteiger partial charge is 0.504 e. The molecule has 2 rings (SSSR count). The molecule has 0 radical (unpaired) electrons.